The van der Waals surface area contributed by atoms with E-state index in [4.69, 9.17) is 9.47 Å². The molecule has 0 spiro atoms. The molecule has 0 saturated carbocycles. The second-order valence-corrected chi connectivity index (χ2v) is 6.46. The number of methoxy groups -OCH3 is 1. The molecule has 0 aliphatic carbocycles. The maximum atomic E-state index is 12.8. The van der Waals surface area contributed by atoms with Crippen LogP contribution in [0.5, 0.6) is 11.5 Å². The molecule has 3 aromatic rings. The number of amides is 1. The minimum atomic E-state index is -0.0507. The third kappa shape index (κ3) is 4.71. The van der Waals surface area contributed by atoms with Crippen LogP contribution in [0.25, 0.3) is 0 Å². The Bertz CT molecular complexity index is 936. The molecule has 0 aliphatic rings. The van der Waals surface area contributed by atoms with E-state index in [2.05, 4.69) is 5.10 Å². The van der Waals surface area contributed by atoms with Gasteiger partial charge in [0, 0.05) is 25.4 Å². The van der Waals surface area contributed by atoms with Crippen molar-refractivity contribution in [1.29, 1.82) is 0 Å². The van der Waals surface area contributed by atoms with Crippen molar-refractivity contribution in [1.82, 2.24) is 14.7 Å². The predicted octanol–water partition coefficient (Wildman–Crippen LogP) is 3.76. The lowest BCUT2D eigenvalue weighted by Crippen LogP contribution is -2.26. The summed E-state index contributed by atoms with van der Waals surface area (Å²) < 4.78 is 13.0. The van der Waals surface area contributed by atoms with Crippen molar-refractivity contribution in [2.75, 3.05) is 14.2 Å². The fourth-order valence-electron chi connectivity index (χ4n) is 2.89. The third-order valence-corrected chi connectivity index (χ3v) is 4.40. The summed E-state index contributed by atoms with van der Waals surface area (Å²) in [6.45, 7) is 3.66. The molecular weight excluding hydrogens is 354 g/mol. The number of aromatic nitrogens is 2. The molecule has 0 aliphatic heterocycles. The normalized spacial score (nSPS) is 10.5. The number of nitrogens with zero attached hydrogens (tertiary/aromatic N) is 3. The van der Waals surface area contributed by atoms with Crippen molar-refractivity contribution >= 4 is 5.91 Å². The van der Waals surface area contributed by atoms with E-state index in [0.717, 1.165) is 17.8 Å². The van der Waals surface area contributed by atoms with Gasteiger partial charge in [-0.3, -0.25) is 9.48 Å². The number of ether oxygens (including phenoxy) is 2. The lowest BCUT2D eigenvalue weighted by atomic mass is 10.1. The smallest absolute Gasteiger partial charge is 0.253 e. The Morgan fingerprint density at radius 3 is 2.61 bits per heavy atom. The number of para-hydroxylation sites is 2. The van der Waals surface area contributed by atoms with E-state index in [0.29, 0.717) is 30.2 Å². The monoisotopic (exact) mass is 379 g/mol. The van der Waals surface area contributed by atoms with Crippen molar-refractivity contribution in [3.8, 4) is 11.5 Å². The molecule has 0 bridgehead atoms. The SMILES string of the molecule is CCn1ccc(CN(C)C(=O)c2cccc(COc3ccccc3OC)c2)n1. The van der Waals surface area contributed by atoms with Crippen LogP contribution in [0.3, 0.4) is 0 Å². The van der Waals surface area contributed by atoms with E-state index in [-0.39, 0.29) is 5.91 Å². The summed E-state index contributed by atoms with van der Waals surface area (Å²) in [6, 6.07) is 16.9. The van der Waals surface area contributed by atoms with E-state index in [1.807, 2.05) is 72.4 Å². The van der Waals surface area contributed by atoms with Crippen LogP contribution >= 0.6 is 0 Å². The fraction of sp³-hybridized carbons (Fsp3) is 0.273. The van der Waals surface area contributed by atoms with Crippen LogP contribution in [0.15, 0.2) is 60.8 Å². The van der Waals surface area contributed by atoms with Crippen molar-refractivity contribution in [2.24, 2.45) is 0 Å². The van der Waals surface area contributed by atoms with Gasteiger partial charge in [-0.15, -0.1) is 0 Å². The number of hydrogen-bond acceptors (Lipinski definition) is 4. The molecule has 6 heteroatoms. The van der Waals surface area contributed by atoms with E-state index in [9.17, 15) is 4.79 Å². The largest absolute Gasteiger partial charge is 0.493 e. The van der Waals surface area contributed by atoms with Gasteiger partial charge in [0.15, 0.2) is 11.5 Å². The maximum absolute atomic E-state index is 12.8. The first-order chi connectivity index (χ1) is 13.6. The van der Waals surface area contributed by atoms with Crippen molar-refractivity contribution in [2.45, 2.75) is 26.6 Å². The Morgan fingerprint density at radius 1 is 1.11 bits per heavy atom. The molecule has 0 atom stereocenters. The Hall–Kier alpha value is -3.28. The molecule has 1 heterocycles. The lowest BCUT2D eigenvalue weighted by Gasteiger charge is -2.16. The zero-order valence-corrected chi connectivity index (χ0v) is 16.5. The summed E-state index contributed by atoms with van der Waals surface area (Å²) in [6.07, 6.45) is 1.92. The molecule has 146 valence electrons. The van der Waals surface area contributed by atoms with E-state index >= 15 is 0 Å². The van der Waals surface area contributed by atoms with Gasteiger partial charge in [-0.05, 0) is 42.8 Å². The lowest BCUT2D eigenvalue weighted by molar-refractivity contribution is 0.0783. The van der Waals surface area contributed by atoms with Crippen LogP contribution in [0.1, 0.15) is 28.5 Å². The summed E-state index contributed by atoms with van der Waals surface area (Å²) in [5.74, 6) is 1.30. The van der Waals surface area contributed by atoms with Crippen molar-refractivity contribution in [3.63, 3.8) is 0 Å². The molecule has 0 N–H and O–H groups in total. The van der Waals surface area contributed by atoms with E-state index < -0.39 is 0 Å². The number of hydrogen-bond donors (Lipinski definition) is 0. The zero-order valence-electron chi connectivity index (χ0n) is 16.5. The standard InChI is InChI=1S/C22H25N3O3/c1-4-25-13-12-19(23-25)15-24(2)22(26)18-9-7-8-17(14-18)16-28-21-11-6-5-10-20(21)27-3/h5-14H,4,15-16H2,1-3H3. The number of rotatable bonds is 8. The Labute approximate surface area is 165 Å². The zero-order chi connectivity index (χ0) is 19.9. The first kappa shape index (κ1) is 19.5. The van der Waals surface area contributed by atoms with Gasteiger partial charge in [0.05, 0.1) is 19.3 Å². The summed E-state index contributed by atoms with van der Waals surface area (Å²) in [7, 11) is 3.40. The first-order valence-electron chi connectivity index (χ1n) is 9.23. The molecule has 1 aromatic heterocycles. The van der Waals surface area contributed by atoms with Gasteiger partial charge in [-0.1, -0.05) is 24.3 Å². The molecule has 0 fully saturated rings. The van der Waals surface area contributed by atoms with Crippen LogP contribution < -0.4 is 9.47 Å². The highest BCUT2D eigenvalue weighted by molar-refractivity contribution is 5.94. The highest BCUT2D eigenvalue weighted by Crippen LogP contribution is 2.26. The number of benzene rings is 2. The number of carbonyl (C=O) groups is 1. The van der Waals surface area contributed by atoms with Crippen LogP contribution in [0.2, 0.25) is 0 Å². The highest BCUT2D eigenvalue weighted by atomic mass is 16.5. The van der Waals surface area contributed by atoms with Crippen LogP contribution in [-0.4, -0.2) is 34.7 Å². The van der Waals surface area contributed by atoms with E-state index in [1.54, 1.807) is 19.1 Å². The van der Waals surface area contributed by atoms with Crippen molar-refractivity contribution < 1.29 is 14.3 Å². The molecule has 1 amide bonds. The van der Waals surface area contributed by atoms with Crippen LogP contribution in [0, 0.1) is 0 Å². The van der Waals surface area contributed by atoms with Gasteiger partial charge in [0.2, 0.25) is 0 Å². The molecule has 3 rings (SSSR count). The topological polar surface area (TPSA) is 56.6 Å². The number of carbonyl (C=O) groups excluding carboxylic acids is 1. The average Bonchev–Trinajstić information content (AvgIpc) is 3.19. The minimum Gasteiger partial charge on any atom is -0.493 e. The quantitative estimate of drug-likeness (QED) is 0.598. The Balaban J connectivity index is 1.65. The Kier molecular flexibility index (Phi) is 6.32. The molecule has 0 saturated heterocycles. The summed E-state index contributed by atoms with van der Waals surface area (Å²) >= 11 is 0. The van der Waals surface area contributed by atoms with Gasteiger partial charge < -0.3 is 14.4 Å². The molecule has 2 aromatic carbocycles. The molecule has 6 nitrogen and oxygen atoms in total. The Morgan fingerprint density at radius 2 is 1.89 bits per heavy atom. The maximum Gasteiger partial charge on any atom is 0.253 e. The van der Waals surface area contributed by atoms with Gasteiger partial charge in [0.1, 0.15) is 6.61 Å². The highest BCUT2D eigenvalue weighted by Gasteiger charge is 2.14. The number of aryl methyl sites for hydroxylation is 1. The summed E-state index contributed by atoms with van der Waals surface area (Å²) in [5, 5.41) is 4.43. The second-order valence-electron chi connectivity index (χ2n) is 6.46. The van der Waals surface area contributed by atoms with E-state index in [1.165, 1.54) is 0 Å². The second kappa shape index (κ2) is 9.08. The van der Waals surface area contributed by atoms with Gasteiger partial charge in [0.25, 0.3) is 5.91 Å². The van der Waals surface area contributed by atoms with Crippen molar-refractivity contribution in [3.05, 3.63) is 77.6 Å². The van der Waals surface area contributed by atoms with Gasteiger partial charge in [-0.25, -0.2) is 0 Å². The summed E-state index contributed by atoms with van der Waals surface area (Å²) in [4.78, 5) is 14.5. The molecule has 0 radical (unpaired) electrons. The predicted molar refractivity (Wildman–Crippen MR) is 107 cm³/mol. The first-order valence-corrected chi connectivity index (χ1v) is 9.23. The van der Waals surface area contributed by atoms with Gasteiger partial charge in [-0.2, -0.15) is 5.10 Å². The van der Waals surface area contributed by atoms with Crippen LogP contribution in [-0.2, 0) is 19.7 Å². The average molecular weight is 379 g/mol. The van der Waals surface area contributed by atoms with Gasteiger partial charge >= 0.3 is 0 Å². The third-order valence-electron chi connectivity index (χ3n) is 4.40. The molecule has 0 unspecified atom stereocenters. The minimum absolute atomic E-state index is 0.0507. The molecular formula is C22H25N3O3. The summed E-state index contributed by atoms with van der Waals surface area (Å²) in [5.41, 5.74) is 2.41. The fourth-order valence-corrected chi connectivity index (χ4v) is 2.89. The molecule has 28 heavy (non-hydrogen) atoms. The van der Waals surface area contributed by atoms with Crippen LogP contribution in [0.4, 0.5) is 0 Å².